The topological polar surface area (TPSA) is 12.4 Å². The number of nitrogens with zero attached hydrogens (tertiary/aromatic N) is 1. The minimum absolute atomic E-state index is 0.0194. The summed E-state index contributed by atoms with van der Waals surface area (Å²) in [5.74, 6) is 0. The summed E-state index contributed by atoms with van der Waals surface area (Å²) in [4.78, 5) is 4.02. The van der Waals surface area contributed by atoms with Gasteiger partial charge in [0.05, 0.1) is 6.54 Å². The predicted octanol–water partition coefficient (Wildman–Crippen LogP) is 7.53. The van der Waals surface area contributed by atoms with Gasteiger partial charge in [-0.3, -0.25) is 4.99 Å². The Balaban J connectivity index is 1.57. The van der Waals surface area contributed by atoms with E-state index in [4.69, 9.17) is 0 Å². The Morgan fingerprint density at radius 2 is 1.27 bits per heavy atom. The Bertz CT molecular complexity index is 1260. The van der Waals surface area contributed by atoms with Gasteiger partial charge in [-0.05, 0) is 75.0 Å². The van der Waals surface area contributed by atoms with Gasteiger partial charge in [0.2, 0.25) is 0 Å². The van der Waals surface area contributed by atoms with Crippen molar-refractivity contribution >= 4 is 6.72 Å². The van der Waals surface area contributed by atoms with Gasteiger partial charge in [-0.2, -0.15) is 0 Å². The van der Waals surface area contributed by atoms with Crippen LogP contribution < -0.4 is 0 Å². The van der Waals surface area contributed by atoms with Gasteiger partial charge < -0.3 is 0 Å². The molecule has 0 saturated heterocycles. The first kappa shape index (κ1) is 18.6. The Labute approximate surface area is 178 Å². The van der Waals surface area contributed by atoms with Gasteiger partial charge in [0.25, 0.3) is 0 Å². The monoisotopic (exact) mass is 387 g/mol. The smallest absolute Gasteiger partial charge is 0.0632 e. The Morgan fingerprint density at radius 3 is 2.03 bits per heavy atom. The molecular formula is C29H25N. The summed E-state index contributed by atoms with van der Waals surface area (Å²) in [7, 11) is 0. The second-order valence-electron chi connectivity index (χ2n) is 8.59. The van der Waals surface area contributed by atoms with Crippen molar-refractivity contribution in [3.8, 4) is 33.4 Å². The van der Waals surface area contributed by atoms with E-state index in [2.05, 4.69) is 117 Å². The second-order valence-corrected chi connectivity index (χ2v) is 8.59. The Kier molecular flexibility index (Phi) is 4.40. The normalized spacial score (nSPS) is 13.5. The maximum Gasteiger partial charge on any atom is 0.0632 e. The fraction of sp³-hybridized carbons (Fsp3) is 0.138. The van der Waals surface area contributed by atoms with E-state index in [0.29, 0.717) is 6.54 Å². The lowest BCUT2D eigenvalue weighted by Gasteiger charge is -2.22. The minimum Gasteiger partial charge on any atom is -0.296 e. The van der Waals surface area contributed by atoms with Crippen LogP contribution in [0.4, 0.5) is 0 Å². The molecule has 30 heavy (non-hydrogen) atoms. The molecule has 0 spiro atoms. The lowest BCUT2D eigenvalue weighted by Crippen LogP contribution is -2.14. The molecule has 0 heterocycles. The molecule has 0 saturated carbocycles. The molecular weight excluding hydrogens is 362 g/mol. The van der Waals surface area contributed by atoms with Crippen molar-refractivity contribution in [2.75, 3.05) is 0 Å². The molecule has 0 amide bonds. The van der Waals surface area contributed by atoms with E-state index in [1.165, 1.54) is 50.1 Å². The molecule has 0 aromatic heterocycles. The number of hydrogen-bond acceptors (Lipinski definition) is 1. The van der Waals surface area contributed by atoms with Gasteiger partial charge in [-0.1, -0.05) is 86.6 Å². The molecule has 0 atom stereocenters. The van der Waals surface area contributed by atoms with Crippen molar-refractivity contribution < 1.29 is 0 Å². The predicted molar refractivity (Wildman–Crippen MR) is 128 cm³/mol. The quantitative estimate of drug-likeness (QED) is 0.321. The van der Waals surface area contributed by atoms with Crippen molar-refractivity contribution in [2.45, 2.75) is 25.8 Å². The third-order valence-electron chi connectivity index (χ3n) is 6.33. The first-order chi connectivity index (χ1) is 14.6. The van der Waals surface area contributed by atoms with Crippen LogP contribution in [0, 0.1) is 0 Å². The average molecular weight is 388 g/mol. The highest BCUT2D eigenvalue weighted by molar-refractivity contribution is 5.84. The minimum atomic E-state index is 0.0194. The summed E-state index contributed by atoms with van der Waals surface area (Å²) in [6.07, 6.45) is 0. The third kappa shape index (κ3) is 2.98. The zero-order valence-corrected chi connectivity index (χ0v) is 17.5. The molecule has 0 N–H and O–H groups in total. The number of rotatable bonds is 4. The highest BCUT2D eigenvalue weighted by Crippen LogP contribution is 2.49. The van der Waals surface area contributed by atoms with Gasteiger partial charge in [0, 0.05) is 5.41 Å². The van der Waals surface area contributed by atoms with Gasteiger partial charge in [-0.15, -0.1) is 0 Å². The van der Waals surface area contributed by atoms with Crippen LogP contribution in [0.25, 0.3) is 33.4 Å². The number of fused-ring (bicyclic) bond motifs is 3. The van der Waals surface area contributed by atoms with Crippen molar-refractivity contribution in [1.29, 1.82) is 0 Å². The maximum atomic E-state index is 4.02. The SMILES string of the molecule is C=NCc1cccc(-c2cccc(-c3ccc4c(c3)C(C)(C)c3ccccc3-4)c2)c1. The standard InChI is InChI=1S/C29H25N/c1-29(2)27-13-5-4-12-25(27)26-15-14-24(18-28(26)29)23-11-7-10-22(17-23)21-9-6-8-20(16-21)19-30-3/h4-18H,3,19H2,1-2H3. The first-order valence-corrected chi connectivity index (χ1v) is 10.4. The van der Waals surface area contributed by atoms with E-state index in [1.807, 2.05) is 0 Å². The zero-order chi connectivity index (χ0) is 20.7. The molecule has 146 valence electrons. The second kappa shape index (κ2) is 7.11. The van der Waals surface area contributed by atoms with Crippen LogP contribution in [-0.2, 0) is 12.0 Å². The molecule has 4 aromatic carbocycles. The average Bonchev–Trinajstić information content (AvgIpc) is 3.01. The molecule has 0 radical (unpaired) electrons. The number of aliphatic imine (C=N–C) groups is 1. The molecule has 0 fully saturated rings. The summed E-state index contributed by atoms with van der Waals surface area (Å²) in [6, 6.07) is 33.1. The highest BCUT2D eigenvalue weighted by atomic mass is 14.7. The summed E-state index contributed by atoms with van der Waals surface area (Å²) in [5.41, 5.74) is 11.7. The number of benzene rings is 4. The molecule has 1 aliphatic rings. The zero-order valence-electron chi connectivity index (χ0n) is 17.5. The maximum absolute atomic E-state index is 4.02. The van der Waals surface area contributed by atoms with E-state index < -0.39 is 0 Å². The lowest BCUT2D eigenvalue weighted by atomic mass is 9.81. The molecule has 1 aliphatic carbocycles. The Morgan fingerprint density at radius 1 is 0.633 bits per heavy atom. The van der Waals surface area contributed by atoms with E-state index in [9.17, 15) is 0 Å². The fourth-order valence-electron chi connectivity index (χ4n) is 4.74. The Hall–Kier alpha value is -3.45. The van der Waals surface area contributed by atoms with Crippen LogP contribution in [-0.4, -0.2) is 6.72 Å². The third-order valence-corrected chi connectivity index (χ3v) is 6.33. The number of hydrogen-bond donors (Lipinski definition) is 0. The summed E-state index contributed by atoms with van der Waals surface area (Å²) in [6.45, 7) is 8.92. The summed E-state index contributed by atoms with van der Waals surface area (Å²) >= 11 is 0. The van der Waals surface area contributed by atoms with Crippen molar-refractivity contribution in [2.24, 2.45) is 4.99 Å². The van der Waals surface area contributed by atoms with Crippen molar-refractivity contribution in [1.82, 2.24) is 0 Å². The summed E-state index contributed by atoms with van der Waals surface area (Å²) < 4.78 is 0. The van der Waals surface area contributed by atoms with E-state index in [1.54, 1.807) is 0 Å². The first-order valence-electron chi connectivity index (χ1n) is 10.4. The van der Waals surface area contributed by atoms with Crippen LogP contribution in [0.15, 0.2) is 96.0 Å². The van der Waals surface area contributed by atoms with Crippen molar-refractivity contribution in [3.05, 3.63) is 108 Å². The van der Waals surface area contributed by atoms with Crippen LogP contribution in [0.2, 0.25) is 0 Å². The van der Waals surface area contributed by atoms with Gasteiger partial charge in [0.15, 0.2) is 0 Å². The van der Waals surface area contributed by atoms with E-state index >= 15 is 0 Å². The molecule has 0 unspecified atom stereocenters. The van der Waals surface area contributed by atoms with Crippen LogP contribution >= 0.6 is 0 Å². The molecule has 1 heteroatoms. The van der Waals surface area contributed by atoms with Gasteiger partial charge in [0.1, 0.15) is 0 Å². The van der Waals surface area contributed by atoms with Crippen LogP contribution in [0.5, 0.6) is 0 Å². The van der Waals surface area contributed by atoms with Crippen LogP contribution in [0.3, 0.4) is 0 Å². The van der Waals surface area contributed by atoms with Crippen LogP contribution in [0.1, 0.15) is 30.5 Å². The molecule has 1 nitrogen and oxygen atoms in total. The molecule has 0 aliphatic heterocycles. The molecule has 0 bridgehead atoms. The molecule has 5 rings (SSSR count). The van der Waals surface area contributed by atoms with Gasteiger partial charge >= 0.3 is 0 Å². The lowest BCUT2D eigenvalue weighted by molar-refractivity contribution is 0.660. The van der Waals surface area contributed by atoms with Crippen molar-refractivity contribution in [3.63, 3.8) is 0 Å². The summed E-state index contributed by atoms with van der Waals surface area (Å²) in [5, 5.41) is 0. The molecule has 4 aromatic rings. The fourth-order valence-corrected chi connectivity index (χ4v) is 4.74. The van der Waals surface area contributed by atoms with E-state index in [0.717, 1.165) is 0 Å². The van der Waals surface area contributed by atoms with E-state index in [-0.39, 0.29) is 5.41 Å². The highest BCUT2D eigenvalue weighted by Gasteiger charge is 2.35. The largest absolute Gasteiger partial charge is 0.296 e. The van der Waals surface area contributed by atoms with Gasteiger partial charge in [-0.25, -0.2) is 0 Å².